The maximum absolute atomic E-state index is 14.8. The van der Waals surface area contributed by atoms with Crippen molar-refractivity contribution in [1.82, 2.24) is 29.5 Å². The van der Waals surface area contributed by atoms with E-state index in [-0.39, 0.29) is 25.4 Å². The first kappa shape index (κ1) is 22.8. The molecule has 4 aromatic heterocycles. The van der Waals surface area contributed by atoms with Gasteiger partial charge < -0.3 is 29.8 Å². The van der Waals surface area contributed by atoms with Crippen molar-refractivity contribution in [3.8, 4) is 11.3 Å². The van der Waals surface area contributed by atoms with Gasteiger partial charge in [-0.25, -0.2) is 14.4 Å². The van der Waals surface area contributed by atoms with Gasteiger partial charge in [-0.1, -0.05) is 0 Å². The zero-order valence-electron chi connectivity index (χ0n) is 19.6. The van der Waals surface area contributed by atoms with Crippen LogP contribution in [-0.2, 0) is 9.47 Å². The molecule has 36 heavy (non-hydrogen) atoms. The topological polar surface area (TPSA) is 128 Å². The molecule has 0 bridgehead atoms. The van der Waals surface area contributed by atoms with Crippen molar-refractivity contribution in [3.63, 3.8) is 0 Å². The second-order valence-electron chi connectivity index (χ2n) is 9.03. The molecule has 2 fully saturated rings. The van der Waals surface area contributed by atoms with E-state index in [1.165, 1.54) is 6.20 Å². The number of aliphatic hydroxyl groups is 1. The number of ether oxygens (including phenoxy) is 2. The van der Waals surface area contributed by atoms with Crippen molar-refractivity contribution < 1.29 is 23.8 Å². The molecule has 2 saturated heterocycles. The van der Waals surface area contributed by atoms with E-state index in [0.29, 0.717) is 35.8 Å². The summed E-state index contributed by atoms with van der Waals surface area (Å²) in [7, 11) is 1.76. The van der Waals surface area contributed by atoms with E-state index in [9.17, 15) is 14.3 Å². The number of alkyl halides is 1. The molecular weight excluding hydrogens is 469 g/mol. The van der Waals surface area contributed by atoms with Crippen molar-refractivity contribution in [1.29, 1.82) is 0 Å². The normalized spacial score (nSPS) is 24.4. The maximum Gasteiger partial charge on any atom is 0.257 e. The Morgan fingerprint density at radius 1 is 1.25 bits per heavy atom. The lowest BCUT2D eigenvalue weighted by atomic mass is 10.1. The van der Waals surface area contributed by atoms with E-state index in [1.807, 2.05) is 29.0 Å². The van der Waals surface area contributed by atoms with Crippen LogP contribution in [0.1, 0.15) is 22.8 Å². The van der Waals surface area contributed by atoms with Gasteiger partial charge in [0.15, 0.2) is 5.65 Å². The van der Waals surface area contributed by atoms with Crippen LogP contribution in [0, 0.1) is 0 Å². The molecule has 0 spiro atoms. The van der Waals surface area contributed by atoms with Crippen molar-refractivity contribution in [3.05, 3.63) is 42.4 Å². The Hall–Kier alpha value is -3.61. The molecule has 12 heteroatoms. The number of aromatic nitrogens is 5. The number of hydrogen-bond acceptors (Lipinski definition) is 8. The number of hydrogen-bond donors (Lipinski definition) is 3. The highest BCUT2D eigenvalue weighted by Gasteiger charge is 2.31. The van der Waals surface area contributed by atoms with Gasteiger partial charge in [0.1, 0.15) is 23.2 Å². The number of pyridine rings is 1. The molecule has 188 valence electrons. The lowest BCUT2D eigenvalue weighted by molar-refractivity contribution is 0.00443. The Kier molecular flexibility index (Phi) is 5.78. The lowest BCUT2D eigenvalue weighted by Crippen LogP contribution is -2.42. The molecule has 0 aromatic carbocycles. The maximum atomic E-state index is 14.8. The summed E-state index contributed by atoms with van der Waals surface area (Å²) in [4.78, 5) is 22.4. The Bertz CT molecular complexity index is 1440. The van der Waals surface area contributed by atoms with Crippen LogP contribution < -0.4 is 10.6 Å². The van der Waals surface area contributed by atoms with Crippen LogP contribution in [0.25, 0.3) is 27.9 Å². The number of amides is 1. The average molecular weight is 496 g/mol. The van der Waals surface area contributed by atoms with Crippen LogP contribution in [0.3, 0.4) is 0 Å². The van der Waals surface area contributed by atoms with Crippen LogP contribution >= 0.6 is 0 Å². The predicted molar refractivity (Wildman–Crippen MR) is 129 cm³/mol. The zero-order chi connectivity index (χ0) is 24.8. The number of nitrogens with zero attached hydrogens (tertiary/aromatic N) is 5. The van der Waals surface area contributed by atoms with E-state index in [0.717, 1.165) is 10.9 Å². The van der Waals surface area contributed by atoms with Crippen molar-refractivity contribution in [2.75, 3.05) is 38.8 Å². The van der Waals surface area contributed by atoms with Crippen LogP contribution in [-0.4, -0.2) is 87.0 Å². The molecule has 11 nitrogen and oxygen atoms in total. The number of aliphatic hydroxyl groups excluding tert-OH is 1. The molecule has 6 heterocycles. The van der Waals surface area contributed by atoms with E-state index in [4.69, 9.17) is 14.5 Å². The third kappa shape index (κ3) is 3.77. The molecule has 0 unspecified atom stereocenters. The molecule has 4 aromatic rings. The average Bonchev–Trinajstić information content (AvgIpc) is 3.61. The molecule has 0 aliphatic carbocycles. The summed E-state index contributed by atoms with van der Waals surface area (Å²) in [5.41, 5.74) is 2.63. The van der Waals surface area contributed by atoms with E-state index in [2.05, 4.69) is 20.7 Å². The van der Waals surface area contributed by atoms with Gasteiger partial charge in [-0.15, -0.1) is 0 Å². The SMILES string of the molecule is CNc1cc(-c2cn([C@H]3CCOC[C@H]3F)c3ncccc23)nc2c(C(=O)N[C@H]3COC[C@H]3O)cnn12. The van der Waals surface area contributed by atoms with E-state index >= 15 is 0 Å². The quantitative estimate of drug-likeness (QED) is 0.381. The lowest BCUT2D eigenvalue weighted by Gasteiger charge is -2.27. The third-order valence-corrected chi connectivity index (χ3v) is 6.81. The molecule has 0 saturated carbocycles. The van der Waals surface area contributed by atoms with Gasteiger partial charge in [-0.2, -0.15) is 9.61 Å². The second-order valence-corrected chi connectivity index (χ2v) is 9.03. The number of anilines is 1. The highest BCUT2D eigenvalue weighted by Crippen LogP contribution is 2.35. The smallest absolute Gasteiger partial charge is 0.257 e. The Morgan fingerprint density at radius 2 is 2.14 bits per heavy atom. The summed E-state index contributed by atoms with van der Waals surface area (Å²) < 4.78 is 28.8. The molecule has 6 rings (SSSR count). The Balaban J connectivity index is 1.46. The summed E-state index contributed by atoms with van der Waals surface area (Å²) >= 11 is 0. The molecule has 0 radical (unpaired) electrons. The van der Waals surface area contributed by atoms with Gasteiger partial charge >= 0.3 is 0 Å². The van der Waals surface area contributed by atoms with E-state index < -0.39 is 30.3 Å². The minimum atomic E-state index is -1.15. The number of carbonyl (C=O) groups excluding carboxylic acids is 1. The third-order valence-electron chi connectivity index (χ3n) is 6.81. The van der Waals surface area contributed by atoms with Crippen LogP contribution in [0.2, 0.25) is 0 Å². The van der Waals surface area contributed by atoms with Crippen molar-refractivity contribution in [2.45, 2.75) is 30.8 Å². The van der Waals surface area contributed by atoms with Crippen LogP contribution in [0.4, 0.5) is 10.2 Å². The number of carbonyl (C=O) groups is 1. The fourth-order valence-corrected chi connectivity index (χ4v) is 4.91. The summed E-state index contributed by atoms with van der Waals surface area (Å²) in [5, 5.41) is 21.1. The molecule has 2 aliphatic heterocycles. The fraction of sp³-hybridized carbons (Fsp3) is 0.417. The van der Waals surface area contributed by atoms with Gasteiger partial charge in [0, 0.05) is 43.1 Å². The summed E-state index contributed by atoms with van der Waals surface area (Å²) in [6.45, 7) is 0.948. The fourth-order valence-electron chi connectivity index (χ4n) is 4.91. The molecule has 3 N–H and O–H groups in total. The summed E-state index contributed by atoms with van der Waals surface area (Å²) in [5.74, 6) is 0.218. The minimum absolute atomic E-state index is 0.0512. The standard InChI is InChI=1S/C24H26FN7O4/c1-26-21-7-17(29-23-14(8-28-32(21)23)24(34)30-18-11-36-12-20(18)33)15-9-31(19-4-6-35-10-16(19)25)22-13(15)3-2-5-27-22/h2-3,5,7-9,16,18-20,26,33H,4,6,10-12H2,1H3,(H,30,34)/t16-,18+,19+,20-/m1/s1. The van der Waals surface area contributed by atoms with Gasteiger partial charge in [0.25, 0.3) is 5.91 Å². The highest BCUT2D eigenvalue weighted by molar-refractivity contribution is 6.01. The molecular formula is C24H26FN7O4. The van der Waals surface area contributed by atoms with Crippen LogP contribution in [0.15, 0.2) is 36.8 Å². The predicted octanol–water partition coefficient (Wildman–Crippen LogP) is 1.58. The summed E-state index contributed by atoms with van der Waals surface area (Å²) in [6.07, 6.45) is 3.64. The number of halogens is 1. The first-order valence-electron chi connectivity index (χ1n) is 11.9. The van der Waals surface area contributed by atoms with Gasteiger partial charge in [-0.3, -0.25) is 4.79 Å². The molecule has 1 amide bonds. The number of nitrogens with one attached hydrogen (secondary N) is 2. The second kappa shape index (κ2) is 9.12. The molecule has 2 aliphatic rings. The minimum Gasteiger partial charge on any atom is -0.388 e. The van der Waals surface area contributed by atoms with E-state index in [1.54, 1.807) is 17.8 Å². The Labute approximate surface area is 205 Å². The number of fused-ring (bicyclic) bond motifs is 2. The monoisotopic (exact) mass is 495 g/mol. The number of rotatable bonds is 5. The van der Waals surface area contributed by atoms with Gasteiger partial charge in [-0.05, 0) is 18.6 Å². The largest absolute Gasteiger partial charge is 0.388 e. The first-order chi connectivity index (χ1) is 17.5. The van der Waals surface area contributed by atoms with Crippen LogP contribution in [0.5, 0.6) is 0 Å². The van der Waals surface area contributed by atoms with Crippen molar-refractivity contribution in [2.24, 2.45) is 0 Å². The molecule has 4 atom stereocenters. The Morgan fingerprint density at radius 3 is 2.92 bits per heavy atom. The first-order valence-corrected chi connectivity index (χ1v) is 11.9. The zero-order valence-corrected chi connectivity index (χ0v) is 19.6. The highest BCUT2D eigenvalue weighted by atomic mass is 19.1. The van der Waals surface area contributed by atoms with Crippen molar-refractivity contribution >= 4 is 28.4 Å². The van der Waals surface area contributed by atoms with Gasteiger partial charge in [0.2, 0.25) is 0 Å². The van der Waals surface area contributed by atoms with Gasteiger partial charge in [0.05, 0.1) is 49.9 Å². The summed E-state index contributed by atoms with van der Waals surface area (Å²) in [6, 6.07) is 4.69.